The van der Waals surface area contributed by atoms with Crippen molar-refractivity contribution in [2.75, 3.05) is 18.5 Å². The Kier molecular flexibility index (Phi) is 7.05. The van der Waals surface area contributed by atoms with Gasteiger partial charge >= 0.3 is 0 Å². The van der Waals surface area contributed by atoms with E-state index in [2.05, 4.69) is 11.4 Å². The first-order valence-electron chi connectivity index (χ1n) is 7.98. The Hall–Kier alpha value is -2.06. The van der Waals surface area contributed by atoms with Crippen LogP contribution in [0.1, 0.15) is 46.6 Å². The number of hydrogen-bond acceptors (Lipinski definition) is 4. The zero-order valence-corrected chi connectivity index (χ0v) is 14.6. The molecule has 0 aliphatic carbocycles. The fourth-order valence-electron chi connectivity index (χ4n) is 2.55. The van der Waals surface area contributed by atoms with Crippen molar-refractivity contribution in [3.63, 3.8) is 0 Å². The van der Waals surface area contributed by atoms with Crippen molar-refractivity contribution < 1.29 is 14.3 Å². The molecule has 0 spiro atoms. The average molecular weight is 318 g/mol. The Morgan fingerprint density at radius 2 is 2.04 bits per heavy atom. The van der Waals surface area contributed by atoms with Gasteiger partial charge in [-0.2, -0.15) is 5.26 Å². The number of carbonyl (C=O) groups is 1. The molecule has 0 radical (unpaired) electrons. The maximum absolute atomic E-state index is 12.7. The summed E-state index contributed by atoms with van der Waals surface area (Å²) < 4.78 is 11.1. The van der Waals surface area contributed by atoms with Gasteiger partial charge in [0.2, 0.25) is 0 Å². The number of carbonyl (C=O) groups excluding carboxylic acids is 1. The summed E-state index contributed by atoms with van der Waals surface area (Å²) in [6.07, 6.45) is 0.603. The molecule has 0 bridgehead atoms. The molecule has 0 fully saturated rings. The summed E-state index contributed by atoms with van der Waals surface area (Å²) in [5.41, 5.74) is -0.0860. The van der Waals surface area contributed by atoms with E-state index in [1.165, 1.54) is 0 Å². The summed E-state index contributed by atoms with van der Waals surface area (Å²) >= 11 is 0. The molecule has 1 aromatic carbocycles. The van der Waals surface area contributed by atoms with E-state index in [9.17, 15) is 10.1 Å². The van der Waals surface area contributed by atoms with Crippen molar-refractivity contribution in [1.82, 2.24) is 0 Å². The predicted octanol–water partition coefficient (Wildman–Crippen LogP) is 3.74. The Balaban J connectivity index is 3.00. The van der Waals surface area contributed by atoms with Gasteiger partial charge in [0.25, 0.3) is 5.91 Å². The topological polar surface area (TPSA) is 71.3 Å². The van der Waals surface area contributed by atoms with E-state index in [1.54, 1.807) is 25.1 Å². The van der Waals surface area contributed by atoms with Crippen LogP contribution in [0.15, 0.2) is 18.2 Å². The third kappa shape index (κ3) is 5.26. The van der Waals surface area contributed by atoms with Crippen LogP contribution in [-0.4, -0.2) is 24.7 Å². The molecule has 0 saturated heterocycles. The third-order valence-electron chi connectivity index (χ3n) is 3.41. The zero-order valence-electron chi connectivity index (χ0n) is 14.6. The average Bonchev–Trinajstić information content (AvgIpc) is 2.48. The normalized spacial score (nSPS) is 13.3. The molecule has 1 aromatic rings. The van der Waals surface area contributed by atoms with Gasteiger partial charge in [0, 0.05) is 6.61 Å². The Morgan fingerprint density at radius 3 is 2.57 bits per heavy atom. The van der Waals surface area contributed by atoms with Crippen LogP contribution in [0.2, 0.25) is 0 Å². The van der Waals surface area contributed by atoms with Crippen LogP contribution < -0.4 is 10.1 Å². The van der Waals surface area contributed by atoms with Crippen molar-refractivity contribution in [2.24, 2.45) is 5.92 Å². The number of hydrogen-bond donors (Lipinski definition) is 1. The molecule has 0 heterocycles. The van der Waals surface area contributed by atoms with Gasteiger partial charge in [-0.25, -0.2) is 0 Å². The molecule has 0 aliphatic heterocycles. The lowest BCUT2D eigenvalue weighted by atomic mass is 9.93. The van der Waals surface area contributed by atoms with Crippen molar-refractivity contribution in [1.29, 1.82) is 5.26 Å². The number of benzene rings is 1. The minimum absolute atomic E-state index is 0.242. The lowest BCUT2D eigenvalue weighted by molar-refractivity contribution is -0.140. The standard InChI is InChI=1S/C18H26N2O3/c1-6-22-15-8-9-16(14(10-15)12-19)20-17(21)18(5,23-7-2)11-13(3)4/h8-10,13H,6-7,11H2,1-5H3,(H,20,21)/t18-/m1/s1. The van der Waals surface area contributed by atoms with E-state index < -0.39 is 5.60 Å². The smallest absolute Gasteiger partial charge is 0.256 e. The number of nitrogens with one attached hydrogen (secondary N) is 1. The Labute approximate surface area is 138 Å². The lowest BCUT2D eigenvalue weighted by Gasteiger charge is -2.30. The molecule has 126 valence electrons. The molecule has 5 heteroatoms. The van der Waals surface area contributed by atoms with Crippen molar-refractivity contribution in [2.45, 2.75) is 46.6 Å². The van der Waals surface area contributed by atoms with Crippen molar-refractivity contribution in [3.8, 4) is 11.8 Å². The quantitative estimate of drug-likeness (QED) is 0.792. The lowest BCUT2D eigenvalue weighted by Crippen LogP contribution is -2.44. The van der Waals surface area contributed by atoms with E-state index in [-0.39, 0.29) is 5.91 Å². The molecule has 0 saturated carbocycles. The molecule has 1 atom stereocenters. The first-order valence-corrected chi connectivity index (χ1v) is 7.98. The van der Waals surface area contributed by atoms with Crippen molar-refractivity contribution in [3.05, 3.63) is 23.8 Å². The van der Waals surface area contributed by atoms with Gasteiger partial charge in [-0.1, -0.05) is 13.8 Å². The van der Waals surface area contributed by atoms with Crippen LogP contribution in [0.25, 0.3) is 0 Å². The maximum Gasteiger partial charge on any atom is 0.256 e. The second kappa shape index (κ2) is 8.54. The van der Waals surface area contributed by atoms with Gasteiger partial charge in [-0.15, -0.1) is 0 Å². The van der Waals surface area contributed by atoms with E-state index >= 15 is 0 Å². The highest BCUT2D eigenvalue weighted by Gasteiger charge is 2.35. The first kappa shape index (κ1) is 19.0. The summed E-state index contributed by atoms with van der Waals surface area (Å²) in [6.45, 7) is 10.6. The highest BCUT2D eigenvalue weighted by molar-refractivity contribution is 5.98. The van der Waals surface area contributed by atoms with Crippen molar-refractivity contribution >= 4 is 11.6 Å². The number of anilines is 1. The van der Waals surface area contributed by atoms with E-state index in [1.807, 2.05) is 27.7 Å². The highest BCUT2D eigenvalue weighted by atomic mass is 16.5. The van der Waals surface area contributed by atoms with Crippen LogP contribution in [0, 0.1) is 17.2 Å². The second-order valence-electron chi connectivity index (χ2n) is 5.97. The Bertz CT molecular complexity index is 578. The second-order valence-corrected chi connectivity index (χ2v) is 5.97. The van der Waals surface area contributed by atoms with Crippen LogP contribution >= 0.6 is 0 Å². The monoisotopic (exact) mass is 318 g/mol. The SMILES string of the molecule is CCOc1ccc(NC(=O)[C@@](C)(CC(C)C)OCC)c(C#N)c1. The summed E-state index contributed by atoms with van der Waals surface area (Å²) in [7, 11) is 0. The first-order chi connectivity index (χ1) is 10.9. The maximum atomic E-state index is 12.7. The van der Waals surface area contributed by atoms with Crippen LogP contribution in [0.5, 0.6) is 5.75 Å². The van der Waals surface area contributed by atoms with Gasteiger partial charge < -0.3 is 14.8 Å². The predicted molar refractivity (Wildman–Crippen MR) is 90.4 cm³/mol. The molecular formula is C18H26N2O3. The zero-order chi connectivity index (χ0) is 17.5. The van der Waals surface area contributed by atoms with Gasteiger partial charge in [0.15, 0.2) is 0 Å². The fraction of sp³-hybridized carbons (Fsp3) is 0.556. The minimum atomic E-state index is -0.922. The number of rotatable bonds is 8. The molecule has 5 nitrogen and oxygen atoms in total. The number of nitrogens with zero attached hydrogens (tertiary/aromatic N) is 1. The Morgan fingerprint density at radius 1 is 1.35 bits per heavy atom. The summed E-state index contributed by atoms with van der Waals surface area (Å²) in [5.74, 6) is 0.679. The molecule has 0 aliphatic rings. The minimum Gasteiger partial charge on any atom is -0.494 e. The summed E-state index contributed by atoms with van der Waals surface area (Å²) in [5, 5.41) is 12.1. The summed E-state index contributed by atoms with van der Waals surface area (Å²) in [4.78, 5) is 12.7. The molecule has 1 N–H and O–H groups in total. The third-order valence-corrected chi connectivity index (χ3v) is 3.41. The van der Waals surface area contributed by atoms with Gasteiger partial charge in [-0.05, 0) is 51.3 Å². The van der Waals surface area contributed by atoms with E-state index in [0.29, 0.717) is 42.6 Å². The molecule has 1 rings (SSSR count). The molecule has 0 unspecified atom stereocenters. The van der Waals surface area contributed by atoms with Crippen LogP contribution in [0.4, 0.5) is 5.69 Å². The van der Waals surface area contributed by atoms with Gasteiger partial charge in [0.05, 0.1) is 17.9 Å². The molecule has 0 aromatic heterocycles. The van der Waals surface area contributed by atoms with E-state index in [4.69, 9.17) is 9.47 Å². The molecule has 23 heavy (non-hydrogen) atoms. The number of ether oxygens (including phenoxy) is 2. The van der Waals surface area contributed by atoms with Crippen LogP contribution in [0.3, 0.4) is 0 Å². The highest BCUT2D eigenvalue weighted by Crippen LogP contribution is 2.26. The van der Waals surface area contributed by atoms with E-state index in [0.717, 1.165) is 0 Å². The van der Waals surface area contributed by atoms with Gasteiger partial charge in [0.1, 0.15) is 17.4 Å². The molecular weight excluding hydrogens is 292 g/mol. The fourth-order valence-corrected chi connectivity index (χ4v) is 2.55. The number of amides is 1. The van der Waals surface area contributed by atoms with Crippen LogP contribution in [-0.2, 0) is 9.53 Å². The van der Waals surface area contributed by atoms with Gasteiger partial charge in [-0.3, -0.25) is 4.79 Å². The largest absolute Gasteiger partial charge is 0.494 e. The molecule has 1 amide bonds. The number of nitriles is 1. The summed E-state index contributed by atoms with van der Waals surface area (Å²) in [6, 6.07) is 7.13.